The molecule has 0 unspecified atom stereocenters. The lowest BCUT2D eigenvalue weighted by atomic mass is 10.2. The van der Waals surface area contributed by atoms with Crippen molar-refractivity contribution in [3.63, 3.8) is 0 Å². The molecule has 0 amide bonds. The molecular weight excluding hydrogens is 278 g/mol. The van der Waals surface area contributed by atoms with Crippen molar-refractivity contribution >= 4 is 21.6 Å². The fourth-order valence-corrected chi connectivity index (χ4v) is 1.78. The Bertz CT molecular complexity index is 508. The second-order valence-corrected chi connectivity index (χ2v) is 4.86. The predicted molar refractivity (Wildman–Crippen MR) is 74.1 cm³/mol. The van der Waals surface area contributed by atoms with E-state index in [0.717, 1.165) is 27.0 Å². The molecule has 0 fully saturated rings. The molecule has 0 aliphatic heterocycles. The number of hydrogen-bond acceptors (Lipinski definition) is 2. The minimum absolute atomic E-state index is 0.553. The molecule has 0 atom stereocenters. The van der Waals surface area contributed by atoms with Gasteiger partial charge >= 0.3 is 0 Å². The molecule has 2 rings (SSSR count). The van der Waals surface area contributed by atoms with Gasteiger partial charge in [0.05, 0.1) is 0 Å². The molecule has 0 aliphatic carbocycles. The summed E-state index contributed by atoms with van der Waals surface area (Å²) in [5, 5.41) is 0. The Labute approximate surface area is 110 Å². The number of nitrogen functional groups attached to an aromatic ring is 1. The van der Waals surface area contributed by atoms with Crippen molar-refractivity contribution in [2.75, 3.05) is 5.73 Å². The van der Waals surface area contributed by atoms with E-state index in [4.69, 9.17) is 10.5 Å². The van der Waals surface area contributed by atoms with Crippen LogP contribution in [-0.4, -0.2) is 0 Å². The molecule has 0 saturated heterocycles. The number of anilines is 1. The molecule has 2 nitrogen and oxygen atoms in total. The van der Waals surface area contributed by atoms with Crippen LogP contribution in [0.4, 0.5) is 5.69 Å². The van der Waals surface area contributed by atoms with Crippen molar-refractivity contribution in [1.29, 1.82) is 0 Å². The van der Waals surface area contributed by atoms with Gasteiger partial charge in [0.25, 0.3) is 0 Å². The van der Waals surface area contributed by atoms with E-state index in [2.05, 4.69) is 15.9 Å². The number of ether oxygens (including phenoxy) is 1. The van der Waals surface area contributed by atoms with E-state index >= 15 is 0 Å². The normalized spacial score (nSPS) is 10.2. The second-order valence-electron chi connectivity index (χ2n) is 3.94. The van der Waals surface area contributed by atoms with Gasteiger partial charge in [-0.2, -0.15) is 0 Å². The third-order valence-electron chi connectivity index (χ3n) is 2.52. The van der Waals surface area contributed by atoms with Gasteiger partial charge in [-0.3, -0.25) is 0 Å². The third kappa shape index (κ3) is 3.24. The van der Waals surface area contributed by atoms with E-state index in [1.54, 1.807) is 0 Å². The topological polar surface area (TPSA) is 35.2 Å². The van der Waals surface area contributed by atoms with Gasteiger partial charge in [0.2, 0.25) is 0 Å². The van der Waals surface area contributed by atoms with E-state index in [9.17, 15) is 0 Å². The van der Waals surface area contributed by atoms with Gasteiger partial charge in [-0.25, -0.2) is 0 Å². The molecule has 2 aromatic rings. The fourth-order valence-electron chi connectivity index (χ4n) is 1.51. The molecule has 0 heterocycles. The Morgan fingerprint density at radius 2 is 1.82 bits per heavy atom. The first-order valence-corrected chi connectivity index (χ1v) is 6.18. The van der Waals surface area contributed by atoms with Crippen LogP contribution in [-0.2, 0) is 6.61 Å². The first kappa shape index (κ1) is 12.0. The highest BCUT2D eigenvalue weighted by molar-refractivity contribution is 9.10. The van der Waals surface area contributed by atoms with Crippen molar-refractivity contribution < 1.29 is 4.74 Å². The van der Waals surface area contributed by atoms with Crippen LogP contribution in [0, 0.1) is 6.92 Å². The summed E-state index contributed by atoms with van der Waals surface area (Å²) in [7, 11) is 0. The van der Waals surface area contributed by atoms with Gasteiger partial charge in [-0.15, -0.1) is 0 Å². The van der Waals surface area contributed by atoms with E-state index in [1.807, 2.05) is 49.4 Å². The third-order valence-corrected chi connectivity index (χ3v) is 3.05. The predicted octanol–water partition coefficient (Wildman–Crippen LogP) is 3.92. The molecule has 0 bridgehead atoms. The lowest BCUT2D eigenvalue weighted by molar-refractivity contribution is 0.304. The highest BCUT2D eigenvalue weighted by Crippen LogP contribution is 2.22. The molecular formula is C14H14BrNO. The summed E-state index contributed by atoms with van der Waals surface area (Å²) >= 11 is 3.41. The molecule has 0 radical (unpaired) electrons. The quantitative estimate of drug-likeness (QED) is 0.870. The zero-order valence-corrected chi connectivity index (χ0v) is 11.2. The average molecular weight is 292 g/mol. The summed E-state index contributed by atoms with van der Waals surface area (Å²) in [4.78, 5) is 0. The summed E-state index contributed by atoms with van der Waals surface area (Å²) in [5.74, 6) is 0.841. The summed E-state index contributed by atoms with van der Waals surface area (Å²) in [6.07, 6.45) is 0. The molecule has 0 aliphatic rings. The number of rotatable bonds is 3. The lowest BCUT2D eigenvalue weighted by Gasteiger charge is -2.09. The highest BCUT2D eigenvalue weighted by Gasteiger charge is 2.01. The molecule has 2 N–H and O–H groups in total. The Balaban J connectivity index is 2.07. The van der Waals surface area contributed by atoms with Crippen LogP contribution in [0.1, 0.15) is 11.1 Å². The average Bonchev–Trinajstić information content (AvgIpc) is 2.32. The number of hydrogen-bond donors (Lipinski definition) is 1. The largest absolute Gasteiger partial charge is 0.489 e. The number of halogens is 1. The fraction of sp³-hybridized carbons (Fsp3) is 0.143. The van der Waals surface area contributed by atoms with E-state index < -0.39 is 0 Å². The van der Waals surface area contributed by atoms with Crippen LogP contribution < -0.4 is 10.5 Å². The van der Waals surface area contributed by atoms with Gasteiger partial charge in [0.1, 0.15) is 12.4 Å². The monoisotopic (exact) mass is 291 g/mol. The highest BCUT2D eigenvalue weighted by atomic mass is 79.9. The zero-order chi connectivity index (χ0) is 12.3. The second kappa shape index (κ2) is 5.23. The summed E-state index contributed by atoms with van der Waals surface area (Å²) in [6.45, 7) is 2.56. The number of aryl methyl sites for hydroxylation is 1. The summed E-state index contributed by atoms with van der Waals surface area (Å²) in [5.41, 5.74) is 8.68. The minimum atomic E-state index is 0.553. The number of benzene rings is 2. The van der Waals surface area contributed by atoms with Gasteiger partial charge in [-0.1, -0.05) is 34.1 Å². The van der Waals surface area contributed by atoms with Gasteiger partial charge in [0, 0.05) is 16.2 Å². The van der Waals surface area contributed by atoms with Crippen LogP contribution in [0.15, 0.2) is 46.9 Å². The van der Waals surface area contributed by atoms with Crippen molar-refractivity contribution in [2.45, 2.75) is 13.5 Å². The van der Waals surface area contributed by atoms with Crippen molar-refractivity contribution in [3.8, 4) is 5.75 Å². The molecule has 2 aromatic carbocycles. The van der Waals surface area contributed by atoms with E-state index in [-0.39, 0.29) is 0 Å². The van der Waals surface area contributed by atoms with Crippen LogP contribution in [0.5, 0.6) is 5.75 Å². The molecule has 0 saturated carbocycles. The maximum atomic E-state index is 5.75. The first-order valence-electron chi connectivity index (χ1n) is 5.38. The van der Waals surface area contributed by atoms with Crippen molar-refractivity contribution in [2.24, 2.45) is 0 Å². The van der Waals surface area contributed by atoms with Crippen LogP contribution in [0.25, 0.3) is 0 Å². The van der Waals surface area contributed by atoms with Gasteiger partial charge in [-0.05, 0) is 36.2 Å². The Hall–Kier alpha value is -1.48. The number of nitrogens with two attached hydrogens (primary N) is 1. The van der Waals surface area contributed by atoms with Crippen LogP contribution >= 0.6 is 15.9 Å². The van der Waals surface area contributed by atoms with Crippen molar-refractivity contribution in [1.82, 2.24) is 0 Å². The molecule has 17 heavy (non-hydrogen) atoms. The lowest BCUT2D eigenvalue weighted by Crippen LogP contribution is -1.97. The van der Waals surface area contributed by atoms with Crippen LogP contribution in [0.2, 0.25) is 0 Å². The minimum Gasteiger partial charge on any atom is -0.489 e. The zero-order valence-electron chi connectivity index (χ0n) is 9.61. The first-order chi connectivity index (χ1) is 8.15. The van der Waals surface area contributed by atoms with Gasteiger partial charge < -0.3 is 10.5 Å². The SMILES string of the molecule is Cc1ccc(N)cc1OCc1ccc(Br)cc1. The maximum Gasteiger partial charge on any atom is 0.124 e. The van der Waals surface area contributed by atoms with E-state index in [0.29, 0.717) is 6.61 Å². The van der Waals surface area contributed by atoms with Crippen LogP contribution in [0.3, 0.4) is 0 Å². The summed E-state index contributed by atoms with van der Waals surface area (Å²) in [6, 6.07) is 13.8. The Morgan fingerprint density at radius 3 is 2.53 bits per heavy atom. The Morgan fingerprint density at radius 1 is 1.12 bits per heavy atom. The molecule has 3 heteroatoms. The smallest absolute Gasteiger partial charge is 0.124 e. The van der Waals surface area contributed by atoms with Crippen molar-refractivity contribution in [3.05, 3.63) is 58.1 Å². The van der Waals surface area contributed by atoms with Gasteiger partial charge in [0.15, 0.2) is 0 Å². The Kier molecular flexibility index (Phi) is 3.69. The molecule has 0 aromatic heterocycles. The standard InChI is InChI=1S/C14H14BrNO/c1-10-2-7-13(16)8-14(10)17-9-11-3-5-12(15)6-4-11/h2-8H,9,16H2,1H3. The molecule has 0 spiro atoms. The van der Waals surface area contributed by atoms with E-state index in [1.165, 1.54) is 0 Å². The molecule has 88 valence electrons. The summed E-state index contributed by atoms with van der Waals surface area (Å²) < 4.78 is 6.82. The maximum absolute atomic E-state index is 5.75.